The zero-order valence-electron chi connectivity index (χ0n) is 12.9. The van der Waals surface area contributed by atoms with Crippen LogP contribution >= 0.6 is 0 Å². The summed E-state index contributed by atoms with van der Waals surface area (Å²) in [6, 6.07) is 0. The number of benzene rings is 1. The van der Waals surface area contributed by atoms with Crippen LogP contribution in [0.1, 0.15) is 53.5 Å². The van der Waals surface area contributed by atoms with Gasteiger partial charge in [0.05, 0.1) is 0 Å². The molecule has 0 bridgehead atoms. The highest BCUT2D eigenvalue weighted by molar-refractivity contribution is 5.55. The predicted molar refractivity (Wildman–Crippen MR) is 83.5 cm³/mol. The van der Waals surface area contributed by atoms with Gasteiger partial charge in [-0.05, 0) is 106 Å². The molecule has 1 aromatic rings. The fraction of sp³-hybridized carbons (Fsp3) is 0.667. The van der Waals surface area contributed by atoms with E-state index in [1.165, 1.54) is 48.8 Å². The molecular formula is C18H27NO. The second-order valence-corrected chi connectivity index (χ2v) is 6.66. The summed E-state index contributed by atoms with van der Waals surface area (Å²) >= 11 is 0. The SMILES string of the molecule is Cc1c(O)c(CC2CCCNC2)c(C)c2c1CCCC2. The van der Waals surface area contributed by atoms with Gasteiger partial charge in [-0.15, -0.1) is 0 Å². The van der Waals surface area contributed by atoms with Gasteiger partial charge in [-0.3, -0.25) is 0 Å². The minimum absolute atomic E-state index is 0.591. The van der Waals surface area contributed by atoms with E-state index in [9.17, 15) is 5.11 Å². The van der Waals surface area contributed by atoms with E-state index in [0.29, 0.717) is 11.7 Å². The number of piperidine rings is 1. The van der Waals surface area contributed by atoms with Crippen molar-refractivity contribution in [3.05, 3.63) is 27.8 Å². The molecule has 0 spiro atoms. The van der Waals surface area contributed by atoms with E-state index < -0.39 is 0 Å². The smallest absolute Gasteiger partial charge is 0.122 e. The van der Waals surface area contributed by atoms with Gasteiger partial charge in [-0.1, -0.05) is 0 Å². The van der Waals surface area contributed by atoms with Crippen LogP contribution in [0.5, 0.6) is 5.75 Å². The second kappa shape index (κ2) is 5.77. The van der Waals surface area contributed by atoms with Crippen molar-refractivity contribution >= 4 is 0 Å². The van der Waals surface area contributed by atoms with Crippen molar-refractivity contribution in [1.82, 2.24) is 5.32 Å². The molecule has 1 unspecified atom stereocenters. The highest BCUT2D eigenvalue weighted by atomic mass is 16.3. The Labute approximate surface area is 122 Å². The van der Waals surface area contributed by atoms with Crippen molar-refractivity contribution in [3.63, 3.8) is 0 Å². The summed E-state index contributed by atoms with van der Waals surface area (Å²) in [4.78, 5) is 0. The first-order valence-corrected chi connectivity index (χ1v) is 8.22. The normalized spacial score (nSPS) is 22.6. The molecule has 1 aromatic carbocycles. The second-order valence-electron chi connectivity index (χ2n) is 6.66. The number of phenolic OH excluding ortho intramolecular Hbond substituents is 1. The van der Waals surface area contributed by atoms with Crippen LogP contribution in [-0.4, -0.2) is 18.2 Å². The fourth-order valence-corrected chi connectivity index (χ4v) is 4.10. The molecule has 0 aromatic heterocycles. The number of hydrogen-bond donors (Lipinski definition) is 2. The summed E-state index contributed by atoms with van der Waals surface area (Å²) in [6.07, 6.45) is 8.55. The quantitative estimate of drug-likeness (QED) is 0.865. The lowest BCUT2D eigenvalue weighted by atomic mass is 9.80. The molecule has 2 N–H and O–H groups in total. The molecule has 1 atom stereocenters. The van der Waals surface area contributed by atoms with Crippen LogP contribution in [0, 0.1) is 19.8 Å². The van der Waals surface area contributed by atoms with Gasteiger partial charge in [-0.25, -0.2) is 0 Å². The maximum Gasteiger partial charge on any atom is 0.122 e. The van der Waals surface area contributed by atoms with Gasteiger partial charge in [0.25, 0.3) is 0 Å². The van der Waals surface area contributed by atoms with Gasteiger partial charge < -0.3 is 10.4 Å². The minimum atomic E-state index is 0.591. The Kier molecular flexibility index (Phi) is 4.02. The van der Waals surface area contributed by atoms with E-state index in [4.69, 9.17) is 0 Å². The van der Waals surface area contributed by atoms with E-state index in [2.05, 4.69) is 19.2 Å². The minimum Gasteiger partial charge on any atom is -0.507 e. The van der Waals surface area contributed by atoms with Crippen LogP contribution in [0.4, 0.5) is 0 Å². The average molecular weight is 273 g/mol. The zero-order valence-corrected chi connectivity index (χ0v) is 12.9. The number of phenols is 1. The summed E-state index contributed by atoms with van der Waals surface area (Å²) < 4.78 is 0. The summed E-state index contributed by atoms with van der Waals surface area (Å²) in [5, 5.41) is 14.1. The lowest BCUT2D eigenvalue weighted by Crippen LogP contribution is -2.31. The third-order valence-corrected chi connectivity index (χ3v) is 5.36. The highest BCUT2D eigenvalue weighted by Gasteiger charge is 2.23. The van der Waals surface area contributed by atoms with Crippen LogP contribution in [0.3, 0.4) is 0 Å². The van der Waals surface area contributed by atoms with Gasteiger partial charge in [0, 0.05) is 0 Å². The van der Waals surface area contributed by atoms with E-state index in [1.54, 1.807) is 5.56 Å². The van der Waals surface area contributed by atoms with E-state index in [1.807, 2.05) is 0 Å². The van der Waals surface area contributed by atoms with Crippen LogP contribution in [0.2, 0.25) is 0 Å². The molecule has 1 aliphatic carbocycles. The summed E-state index contributed by atoms with van der Waals surface area (Å²) in [5.74, 6) is 1.28. The lowest BCUT2D eigenvalue weighted by Gasteiger charge is -2.28. The van der Waals surface area contributed by atoms with Crippen molar-refractivity contribution in [2.75, 3.05) is 13.1 Å². The molecule has 20 heavy (non-hydrogen) atoms. The third kappa shape index (κ3) is 2.46. The van der Waals surface area contributed by atoms with Crippen molar-refractivity contribution in [2.45, 2.75) is 58.8 Å². The number of hydrogen-bond acceptors (Lipinski definition) is 2. The maximum absolute atomic E-state index is 10.6. The molecule has 110 valence electrons. The zero-order chi connectivity index (χ0) is 14.1. The van der Waals surface area contributed by atoms with Gasteiger partial charge in [0.2, 0.25) is 0 Å². The van der Waals surface area contributed by atoms with Crippen LogP contribution in [0.25, 0.3) is 0 Å². The standard InChI is InChI=1S/C18H27NO/c1-12-15-7-3-4-8-16(15)13(2)18(20)17(12)10-14-6-5-9-19-11-14/h14,19-20H,3-11H2,1-2H3. The summed E-state index contributed by atoms with van der Waals surface area (Å²) in [5.41, 5.74) is 6.76. The van der Waals surface area contributed by atoms with Crippen molar-refractivity contribution in [1.29, 1.82) is 0 Å². The maximum atomic E-state index is 10.6. The molecule has 2 aliphatic rings. The molecule has 1 fully saturated rings. The van der Waals surface area contributed by atoms with Crippen molar-refractivity contribution < 1.29 is 5.11 Å². The Morgan fingerprint density at radius 3 is 2.40 bits per heavy atom. The Hall–Kier alpha value is -1.02. The third-order valence-electron chi connectivity index (χ3n) is 5.36. The van der Waals surface area contributed by atoms with Crippen molar-refractivity contribution in [3.8, 4) is 5.75 Å². The molecule has 3 rings (SSSR count). The summed E-state index contributed by atoms with van der Waals surface area (Å²) in [6.45, 7) is 6.61. The molecule has 1 heterocycles. The topological polar surface area (TPSA) is 32.3 Å². The molecule has 0 radical (unpaired) electrons. The molecule has 0 saturated carbocycles. The lowest BCUT2D eigenvalue weighted by molar-refractivity contribution is 0.368. The van der Waals surface area contributed by atoms with Crippen LogP contribution < -0.4 is 5.32 Å². The molecule has 0 amide bonds. The largest absolute Gasteiger partial charge is 0.507 e. The van der Waals surface area contributed by atoms with E-state index in [0.717, 1.165) is 31.5 Å². The number of nitrogens with one attached hydrogen (secondary N) is 1. The molecule has 2 nitrogen and oxygen atoms in total. The van der Waals surface area contributed by atoms with Crippen molar-refractivity contribution in [2.24, 2.45) is 5.92 Å². The first kappa shape index (κ1) is 13.9. The molecular weight excluding hydrogens is 246 g/mol. The Balaban J connectivity index is 1.95. The highest BCUT2D eigenvalue weighted by Crippen LogP contribution is 2.38. The first-order chi connectivity index (χ1) is 9.68. The molecule has 1 aliphatic heterocycles. The Morgan fingerprint density at radius 2 is 1.75 bits per heavy atom. The molecule has 2 heteroatoms. The van der Waals surface area contributed by atoms with Gasteiger partial charge in [-0.2, -0.15) is 0 Å². The van der Waals surface area contributed by atoms with Gasteiger partial charge >= 0.3 is 0 Å². The summed E-state index contributed by atoms with van der Waals surface area (Å²) in [7, 11) is 0. The molecule has 1 saturated heterocycles. The van der Waals surface area contributed by atoms with Gasteiger partial charge in [0.1, 0.15) is 5.75 Å². The first-order valence-electron chi connectivity index (χ1n) is 8.22. The van der Waals surface area contributed by atoms with E-state index in [-0.39, 0.29) is 0 Å². The predicted octanol–water partition coefficient (Wildman–Crippen LogP) is 3.43. The van der Waals surface area contributed by atoms with Crippen LogP contribution in [-0.2, 0) is 19.3 Å². The van der Waals surface area contributed by atoms with E-state index >= 15 is 0 Å². The van der Waals surface area contributed by atoms with Gasteiger partial charge in [0.15, 0.2) is 0 Å². The Morgan fingerprint density at radius 1 is 1.05 bits per heavy atom. The van der Waals surface area contributed by atoms with Crippen LogP contribution in [0.15, 0.2) is 0 Å². The number of aromatic hydroxyl groups is 1. The Bertz CT molecular complexity index is 501. The fourth-order valence-electron chi connectivity index (χ4n) is 4.10. The monoisotopic (exact) mass is 273 g/mol. The number of rotatable bonds is 2. The number of fused-ring (bicyclic) bond motifs is 1. The average Bonchev–Trinajstić information content (AvgIpc) is 2.50.